The highest BCUT2D eigenvalue weighted by molar-refractivity contribution is 6.09. The molecule has 3 aromatic carbocycles. The van der Waals surface area contributed by atoms with E-state index in [0.29, 0.717) is 12.2 Å². The maximum atomic E-state index is 10.3. The molecule has 1 amide bonds. The maximum absolute atomic E-state index is 10.3. The molecule has 0 spiro atoms. The molecule has 0 bridgehead atoms. The van der Waals surface area contributed by atoms with Crippen molar-refractivity contribution in [3.05, 3.63) is 54.6 Å². The first-order chi connectivity index (χ1) is 8.90. The summed E-state index contributed by atoms with van der Waals surface area (Å²) in [6, 6.07) is 18.0. The van der Waals surface area contributed by atoms with E-state index in [1.165, 1.54) is 10.8 Å². The lowest BCUT2D eigenvalue weighted by Crippen LogP contribution is -2.15. The molecule has 0 fully saturated rings. The smallest absolute Gasteiger partial charge is 0.239 e. The van der Waals surface area contributed by atoms with Gasteiger partial charge in [-0.2, -0.15) is 5.48 Å². The second kappa shape index (κ2) is 4.37. The van der Waals surface area contributed by atoms with Crippen molar-refractivity contribution in [2.24, 2.45) is 0 Å². The van der Waals surface area contributed by atoms with Crippen LogP contribution in [0.1, 0.15) is 0 Å². The molecule has 0 aliphatic carbocycles. The largest absolute Gasteiger partial charge is 0.379 e. The van der Waals surface area contributed by atoms with Gasteiger partial charge < -0.3 is 4.84 Å². The average molecular weight is 237 g/mol. The van der Waals surface area contributed by atoms with E-state index in [1.807, 2.05) is 42.5 Å². The predicted octanol–water partition coefficient (Wildman–Crippen LogP) is 3.03. The zero-order chi connectivity index (χ0) is 12.4. The van der Waals surface area contributed by atoms with Gasteiger partial charge in [-0.1, -0.05) is 42.5 Å². The Morgan fingerprint density at radius 3 is 2.56 bits per heavy atom. The molecule has 3 rings (SSSR count). The molecule has 18 heavy (non-hydrogen) atoms. The molecule has 0 saturated heterocycles. The Balaban J connectivity index is 2.29. The number of fused-ring (bicyclic) bond motifs is 3. The molecule has 3 nitrogen and oxygen atoms in total. The van der Waals surface area contributed by atoms with Gasteiger partial charge in [0.05, 0.1) is 0 Å². The molecule has 0 heterocycles. The lowest BCUT2D eigenvalue weighted by Gasteiger charge is -2.08. The van der Waals surface area contributed by atoms with Crippen molar-refractivity contribution in [1.29, 1.82) is 0 Å². The van der Waals surface area contributed by atoms with E-state index in [0.717, 1.165) is 10.8 Å². The van der Waals surface area contributed by atoms with Crippen molar-refractivity contribution >= 4 is 28.0 Å². The molecule has 0 aliphatic heterocycles. The number of nitrogens with one attached hydrogen (secondary N) is 1. The van der Waals surface area contributed by atoms with Crippen LogP contribution in [0.3, 0.4) is 0 Å². The van der Waals surface area contributed by atoms with Crippen molar-refractivity contribution in [3.63, 3.8) is 0 Å². The van der Waals surface area contributed by atoms with Crippen molar-refractivity contribution in [1.82, 2.24) is 5.48 Å². The number of hydroxylamine groups is 1. The first kappa shape index (κ1) is 10.6. The Labute approximate surface area is 104 Å². The molecule has 3 heteroatoms. The molecule has 1 N–H and O–H groups in total. The average Bonchev–Trinajstić information content (AvgIpc) is 2.44. The number of hydrogen-bond acceptors (Lipinski definition) is 2. The van der Waals surface area contributed by atoms with Crippen LogP contribution in [0, 0.1) is 0 Å². The van der Waals surface area contributed by atoms with Gasteiger partial charge in [0.1, 0.15) is 0 Å². The highest BCUT2D eigenvalue weighted by Crippen LogP contribution is 2.31. The van der Waals surface area contributed by atoms with Gasteiger partial charge in [0, 0.05) is 5.39 Å². The zero-order valence-electron chi connectivity index (χ0n) is 9.59. The fraction of sp³-hybridized carbons (Fsp3) is 0. The van der Waals surface area contributed by atoms with E-state index in [2.05, 4.69) is 17.6 Å². The molecule has 0 atom stereocenters. The molecule has 0 radical (unpaired) electrons. The highest BCUT2D eigenvalue weighted by atomic mass is 16.7. The molecule has 0 unspecified atom stereocenters. The van der Waals surface area contributed by atoms with Crippen LogP contribution in [0.5, 0.6) is 5.75 Å². The number of benzene rings is 3. The van der Waals surface area contributed by atoms with Crippen LogP contribution in [0.15, 0.2) is 54.6 Å². The summed E-state index contributed by atoms with van der Waals surface area (Å²) in [5.41, 5.74) is 2.22. The number of carbonyl (C=O) groups excluding carboxylic acids is 1. The van der Waals surface area contributed by atoms with Gasteiger partial charge >= 0.3 is 0 Å². The summed E-state index contributed by atoms with van der Waals surface area (Å²) in [7, 11) is 0. The van der Waals surface area contributed by atoms with Crippen LogP contribution < -0.4 is 10.3 Å². The molecule has 88 valence electrons. The fourth-order valence-corrected chi connectivity index (χ4v) is 2.19. The molecule has 0 saturated carbocycles. The van der Waals surface area contributed by atoms with Gasteiger partial charge in [0.15, 0.2) is 5.75 Å². The Morgan fingerprint density at radius 2 is 1.67 bits per heavy atom. The van der Waals surface area contributed by atoms with Crippen LogP contribution in [0.4, 0.5) is 0 Å². The van der Waals surface area contributed by atoms with E-state index in [1.54, 1.807) is 0 Å². The summed E-state index contributed by atoms with van der Waals surface area (Å²) in [6.07, 6.45) is 0.514. The number of carbonyl (C=O) groups is 1. The van der Waals surface area contributed by atoms with Gasteiger partial charge in [-0.15, -0.1) is 0 Å². The summed E-state index contributed by atoms with van der Waals surface area (Å²) in [4.78, 5) is 15.5. The second-order valence-corrected chi connectivity index (χ2v) is 3.98. The number of amides is 1. The SMILES string of the molecule is O=CNOc1cccc2c1ccc1ccccc12. The number of rotatable bonds is 3. The fourth-order valence-electron chi connectivity index (χ4n) is 2.19. The lowest BCUT2D eigenvalue weighted by atomic mass is 10.0. The molecular weight excluding hydrogens is 226 g/mol. The minimum absolute atomic E-state index is 0.514. The van der Waals surface area contributed by atoms with Crippen molar-refractivity contribution in [3.8, 4) is 5.75 Å². The van der Waals surface area contributed by atoms with Crippen LogP contribution in [0.25, 0.3) is 21.5 Å². The third-order valence-corrected chi connectivity index (χ3v) is 2.96. The normalized spacial score (nSPS) is 10.4. The van der Waals surface area contributed by atoms with Crippen LogP contribution >= 0.6 is 0 Å². The van der Waals surface area contributed by atoms with Gasteiger partial charge in [-0.25, -0.2) is 0 Å². The maximum Gasteiger partial charge on any atom is 0.239 e. The zero-order valence-corrected chi connectivity index (χ0v) is 9.59. The standard InChI is InChI=1S/C15H11NO2/c17-10-16-18-15-7-3-6-13-12-5-2-1-4-11(12)8-9-14(13)15/h1-10H,(H,16,17). The molecule has 0 aromatic heterocycles. The summed E-state index contributed by atoms with van der Waals surface area (Å²) >= 11 is 0. The molecule has 0 aliphatic rings. The lowest BCUT2D eigenvalue weighted by molar-refractivity contribution is -0.115. The molecular formula is C15H11NO2. The summed E-state index contributed by atoms with van der Waals surface area (Å²) in [6.45, 7) is 0. The first-order valence-electron chi connectivity index (χ1n) is 5.66. The van der Waals surface area contributed by atoms with Gasteiger partial charge in [0.2, 0.25) is 6.41 Å². The Bertz CT molecular complexity index is 722. The Kier molecular flexibility index (Phi) is 2.57. The Morgan fingerprint density at radius 1 is 0.833 bits per heavy atom. The topological polar surface area (TPSA) is 38.3 Å². The van der Waals surface area contributed by atoms with E-state index in [9.17, 15) is 4.79 Å². The van der Waals surface area contributed by atoms with E-state index >= 15 is 0 Å². The third-order valence-electron chi connectivity index (χ3n) is 2.96. The predicted molar refractivity (Wildman–Crippen MR) is 71.3 cm³/mol. The van der Waals surface area contributed by atoms with E-state index in [-0.39, 0.29) is 0 Å². The highest BCUT2D eigenvalue weighted by Gasteiger charge is 2.05. The number of hydrogen-bond donors (Lipinski definition) is 1. The van der Waals surface area contributed by atoms with Crippen molar-refractivity contribution in [2.45, 2.75) is 0 Å². The van der Waals surface area contributed by atoms with Crippen molar-refractivity contribution < 1.29 is 9.63 Å². The van der Waals surface area contributed by atoms with Crippen molar-refractivity contribution in [2.75, 3.05) is 0 Å². The van der Waals surface area contributed by atoms with Gasteiger partial charge in [0.25, 0.3) is 0 Å². The van der Waals surface area contributed by atoms with Gasteiger partial charge in [-0.3, -0.25) is 4.79 Å². The van der Waals surface area contributed by atoms with Crippen LogP contribution in [0.2, 0.25) is 0 Å². The van der Waals surface area contributed by atoms with E-state index < -0.39 is 0 Å². The first-order valence-corrected chi connectivity index (χ1v) is 5.66. The van der Waals surface area contributed by atoms with E-state index in [4.69, 9.17) is 4.84 Å². The molecule has 3 aromatic rings. The minimum atomic E-state index is 0.514. The second-order valence-electron chi connectivity index (χ2n) is 3.98. The minimum Gasteiger partial charge on any atom is -0.379 e. The Hall–Kier alpha value is -2.55. The monoisotopic (exact) mass is 237 g/mol. The summed E-state index contributed by atoms with van der Waals surface area (Å²) in [5.74, 6) is 0.644. The quantitative estimate of drug-likeness (QED) is 0.432. The third kappa shape index (κ3) is 1.66. The van der Waals surface area contributed by atoms with Crippen LogP contribution in [-0.4, -0.2) is 6.41 Å². The van der Waals surface area contributed by atoms with Crippen LogP contribution in [-0.2, 0) is 4.79 Å². The van der Waals surface area contributed by atoms with Gasteiger partial charge in [-0.05, 0) is 28.3 Å². The summed E-state index contributed by atoms with van der Waals surface area (Å²) < 4.78 is 0. The summed E-state index contributed by atoms with van der Waals surface area (Å²) in [5, 5.41) is 4.45.